The Labute approximate surface area is 91.7 Å². The van der Waals surface area contributed by atoms with Crippen molar-refractivity contribution in [1.29, 1.82) is 0 Å². The highest BCUT2D eigenvalue weighted by Gasteiger charge is 2.13. The molecule has 0 bridgehead atoms. The predicted octanol–water partition coefficient (Wildman–Crippen LogP) is -0.282. The minimum absolute atomic E-state index is 0.444. The van der Waals surface area contributed by atoms with Gasteiger partial charge in [-0.25, -0.2) is 4.98 Å². The van der Waals surface area contributed by atoms with Crippen LogP contribution in [0.25, 0.3) is 5.65 Å². The number of hydrogen-bond acceptors (Lipinski definition) is 5. The first-order valence-corrected chi connectivity index (χ1v) is 4.82. The molecule has 0 spiro atoms. The second kappa shape index (κ2) is 3.76. The topological polar surface area (TPSA) is 98.2 Å². The standard InChI is InChI=1S/C9H12N6O/c1-5(7(10)16)12-8-9-14-13-6(2)15(9)4-3-11-8/h3-5H,1-2H3,(H2,10,16)(H,11,12). The van der Waals surface area contributed by atoms with Crippen molar-refractivity contribution in [3.8, 4) is 0 Å². The molecule has 1 atom stereocenters. The fraction of sp³-hybridized carbons (Fsp3) is 0.333. The van der Waals surface area contributed by atoms with E-state index in [1.807, 2.05) is 6.92 Å². The predicted molar refractivity (Wildman–Crippen MR) is 57.8 cm³/mol. The van der Waals surface area contributed by atoms with Crippen LogP contribution in [0.5, 0.6) is 0 Å². The molecule has 0 fully saturated rings. The molecule has 2 rings (SSSR count). The van der Waals surface area contributed by atoms with Crippen LogP contribution in [0.4, 0.5) is 5.82 Å². The quantitative estimate of drug-likeness (QED) is 0.741. The number of fused-ring (bicyclic) bond motifs is 1. The van der Waals surface area contributed by atoms with Gasteiger partial charge in [0, 0.05) is 12.4 Å². The minimum atomic E-state index is -0.504. The number of amides is 1. The lowest BCUT2D eigenvalue weighted by atomic mass is 10.3. The molecule has 0 saturated carbocycles. The number of carbonyl (C=O) groups is 1. The first-order chi connectivity index (χ1) is 7.59. The summed E-state index contributed by atoms with van der Waals surface area (Å²) in [5.41, 5.74) is 5.74. The van der Waals surface area contributed by atoms with Gasteiger partial charge in [-0.3, -0.25) is 9.20 Å². The van der Waals surface area contributed by atoms with Gasteiger partial charge in [0.15, 0.2) is 5.82 Å². The summed E-state index contributed by atoms with van der Waals surface area (Å²) >= 11 is 0. The number of aryl methyl sites for hydroxylation is 1. The van der Waals surface area contributed by atoms with E-state index in [1.54, 1.807) is 23.7 Å². The van der Waals surface area contributed by atoms with E-state index in [2.05, 4.69) is 20.5 Å². The summed E-state index contributed by atoms with van der Waals surface area (Å²) in [5, 5.41) is 10.8. The van der Waals surface area contributed by atoms with Crippen molar-refractivity contribution in [3.63, 3.8) is 0 Å². The highest BCUT2D eigenvalue weighted by Crippen LogP contribution is 2.12. The molecule has 1 amide bonds. The number of carbonyl (C=O) groups excluding carboxylic acids is 1. The Kier molecular flexibility index (Phi) is 2.43. The van der Waals surface area contributed by atoms with Crippen LogP contribution in [-0.2, 0) is 4.79 Å². The Hall–Kier alpha value is -2.18. The molecular formula is C9H12N6O. The summed E-state index contributed by atoms with van der Waals surface area (Å²) in [5.74, 6) is 0.807. The van der Waals surface area contributed by atoms with E-state index in [0.717, 1.165) is 5.82 Å². The molecule has 0 aliphatic carbocycles. The highest BCUT2D eigenvalue weighted by molar-refractivity contribution is 5.83. The van der Waals surface area contributed by atoms with Gasteiger partial charge in [-0.1, -0.05) is 0 Å². The molecule has 16 heavy (non-hydrogen) atoms. The third kappa shape index (κ3) is 1.67. The Morgan fingerprint density at radius 1 is 1.56 bits per heavy atom. The van der Waals surface area contributed by atoms with E-state index < -0.39 is 11.9 Å². The summed E-state index contributed by atoms with van der Waals surface area (Å²) in [6.45, 7) is 3.50. The number of primary amides is 1. The van der Waals surface area contributed by atoms with Crippen molar-refractivity contribution in [2.75, 3.05) is 5.32 Å². The molecule has 2 aromatic rings. The number of rotatable bonds is 3. The van der Waals surface area contributed by atoms with Crippen LogP contribution in [0.3, 0.4) is 0 Å². The van der Waals surface area contributed by atoms with Gasteiger partial charge in [-0.2, -0.15) is 0 Å². The van der Waals surface area contributed by atoms with Crippen LogP contribution in [0.1, 0.15) is 12.7 Å². The Balaban J connectivity index is 2.41. The maximum Gasteiger partial charge on any atom is 0.239 e. The first-order valence-electron chi connectivity index (χ1n) is 4.82. The fourth-order valence-corrected chi connectivity index (χ4v) is 1.32. The first kappa shape index (κ1) is 10.3. The van der Waals surface area contributed by atoms with E-state index in [-0.39, 0.29) is 0 Å². The van der Waals surface area contributed by atoms with Gasteiger partial charge in [0.25, 0.3) is 0 Å². The molecule has 0 saturated heterocycles. The third-order valence-corrected chi connectivity index (χ3v) is 2.28. The van der Waals surface area contributed by atoms with Gasteiger partial charge < -0.3 is 11.1 Å². The number of nitrogens with zero attached hydrogens (tertiary/aromatic N) is 4. The third-order valence-electron chi connectivity index (χ3n) is 2.28. The zero-order valence-electron chi connectivity index (χ0n) is 9.01. The van der Waals surface area contributed by atoms with Gasteiger partial charge in [0.2, 0.25) is 11.6 Å². The van der Waals surface area contributed by atoms with Gasteiger partial charge in [0.05, 0.1) is 0 Å². The van der Waals surface area contributed by atoms with Crippen LogP contribution >= 0.6 is 0 Å². The van der Waals surface area contributed by atoms with Crippen molar-refractivity contribution < 1.29 is 4.79 Å². The van der Waals surface area contributed by atoms with Crippen LogP contribution in [0.2, 0.25) is 0 Å². The van der Waals surface area contributed by atoms with Crippen LogP contribution < -0.4 is 11.1 Å². The highest BCUT2D eigenvalue weighted by atomic mass is 16.1. The summed E-state index contributed by atoms with van der Waals surface area (Å²) in [6, 6.07) is -0.504. The Morgan fingerprint density at radius 2 is 2.31 bits per heavy atom. The number of aromatic nitrogens is 4. The molecule has 0 aliphatic rings. The lowest BCUT2D eigenvalue weighted by Gasteiger charge is -2.10. The number of anilines is 1. The van der Waals surface area contributed by atoms with Crippen molar-refractivity contribution >= 4 is 17.4 Å². The molecule has 3 N–H and O–H groups in total. The summed E-state index contributed by atoms with van der Waals surface area (Å²) in [6.07, 6.45) is 3.37. The Bertz CT molecular complexity index is 534. The second-order valence-corrected chi connectivity index (χ2v) is 3.49. The monoisotopic (exact) mass is 220 g/mol. The number of nitrogens with two attached hydrogens (primary N) is 1. The largest absolute Gasteiger partial charge is 0.368 e. The zero-order valence-corrected chi connectivity index (χ0v) is 9.01. The van der Waals surface area contributed by atoms with Crippen molar-refractivity contribution in [1.82, 2.24) is 19.6 Å². The maximum absolute atomic E-state index is 10.9. The van der Waals surface area contributed by atoms with Crippen molar-refractivity contribution in [3.05, 3.63) is 18.2 Å². The lowest BCUT2D eigenvalue weighted by Crippen LogP contribution is -2.32. The SMILES string of the molecule is Cc1nnc2c(NC(C)C(N)=O)nccn12. The summed E-state index contributed by atoms with van der Waals surface area (Å²) in [7, 11) is 0. The van der Waals surface area contributed by atoms with Gasteiger partial charge in [-0.15, -0.1) is 10.2 Å². The average molecular weight is 220 g/mol. The molecule has 0 radical (unpaired) electrons. The maximum atomic E-state index is 10.9. The van der Waals surface area contributed by atoms with Crippen molar-refractivity contribution in [2.45, 2.75) is 19.9 Å². The van der Waals surface area contributed by atoms with E-state index >= 15 is 0 Å². The normalized spacial score (nSPS) is 12.6. The van der Waals surface area contributed by atoms with E-state index in [9.17, 15) is 4.79 Å². The van der Waals surface area contributed by atoms with E-state index in [4.69, 9.17) is 5.73 Å². The second-order valence-electron chi connectivity index (χ2n) is 3.49. The fourth-order valence-electron chi connectivity index (χ4n) is 1.32. The summed E-state index contributed by atoms with van der Waals surface area (Å²) in [4.78, 5) is 15.0. The molecule has 7 heteroatoms. The Morgan fingerprint density at radius 3 is 3.00 bits per heavy atom. The van der Waals surface area contributed by atoms with E-state index in [0.29, 0.717) is 11.5 Å². The molecule has 84 valence electrons. The molecule has 2 aromatic heterocycles. The number of nitrogens with one attached hydrogen (secondary N) is 1. The van der Waals surface area contributed by atoms with Crippen LogP contribution in [0.15, 0.2) is 12.4 Å². The van der Waals surface area contributed by atoms with Crippen LogP contribution in [0, 0.1) is 6.92 Å². The average Bonchev–Trinajstić information content (AvgIpc) is 2.62. The lowest BCUT2D eigenvalue weighted by molar-refractivity contribution is -0.118. The smallest absolute Gasteiger partial charge is 0.239 e. The molecule has 0 aliphatic heterocycles. The zero-order chi connectivity index (χ0) is 11.7. The molecular weight excluding hydrogens is 208 g/mol. The summed E-state index contributed by atoms with van der Waals surface area (Å²) < 4.78 is 1.78. The van der Waals surface area contributed by atoms with Gasteiger partial charge in [-0.05, 0) is 13.8 Å². The molecule has 2 heterocycles. The molecule has 1 unspecified atom stereocenters. The molecule has 7 nitrogen and oxygen atoms in total. The molecule has 0 aromatic carbocycles. The van der Waals surface area contributed by atoms with Crippen molar-refractivity contribution in [2.24, 2.45) is 5.73 Å². The van der Waals surface area contributed by atoms with Gasteiger partial charge in [0.1, 0.15) is 11.9 Å². The van der Waals surface area contributed by atoms with Gasteiger partial charge >= 0.3 is 0 Å². The van der Waals surface area contributed by atoms with Crippen LogP contribution in [-0.4, -0.2) is 31.5 Å². The minimum Gasteiger partial charge on any atom is -0.368 e. The van der Waals surface area contributed by atoms with E-state index in [1.165, 1.54) is 0 Å². The number of hydrogen-bond donors (Lipinski definition) is 2.